The molecule has 0 saturated heterocycles. The van der Waals surface area contributed by atoms with Crippen molar-refractivity contribution in [2.75, 3.05) is 0 Å². The SMILES string of the molecule is C=C(C)C(=O)OC1CCC(Oc2ccc3cc(-c4ccccc4CC)c(=O)oc3c2)C1C. The Kier molecular flexibility index (Phi) is 6.17. The van der Waals surface area contributed by atoms with E-state index in [1.54, 1.807) is 13.0 Å². The Morgan fingerprint density at radius 3 is 2.59 bits per heavy atom. The number of ether oxygens (including phenoxy) is 2. The molecule has 1 aliphatic carbocycles. The first-order chi connectivity index (χ1) is 15.4. The first kappa shape index (κ1) is 21.9. The molecule has 5 heteroatoms. The number of hydrogen-bond donors (Lipinski definition) is 0. The molecule has 0 aliphatic heterocycles. The van der Waals surface area contributed by atoms with Crippen LogP contribution in [0.3, 0.4) is 0 Å². The molecule has 0 amide bonds. The summed E-state index contributed by atoms with van der Waals surface area (Å²) in [5.41, 5.74) is 3.09. The van der Waals surface area contributed by atoms with Gasteiger partial charge in [-0.25, -0.2) is 9.59 Å². The Bertz CT molecular complexity index is 1220. The number of carbonyl (C=O) groups excluding carboxylic acids is 1. The Morgan fingerprint density at radius 1 is 1.09 bits per heavy atom. The van der Waals surface area contributed by atoms with Crippen molar-refractivity contribution in [3.63, 3.8) is 0 Å². The molecule has 2 aromatic carbocycles. The van der Waals surface area contributed by atoms with Crippen LogP contribution in [-0.2, 0) is 16.0 Å². The minimum atomic E-state index is -0.365. The summed E-state index contributed by atoms with van der Waals surface area (Å²) in [5, 5.41) is 0.839. The van der Waals surface area contributed by atoms with Crippen LogP contribution in [0.25, 0.3) is 22.1 Å². The quantitative estimate of drug-likeness (QED) is 0.284. The summed E-state index contributed by atoms with van der Waals surface area (Å²) in [6.45, 7) is 9.37. The van der Waals surface area contributed by atoms with E-state index in [0.717, 1.165) is 35.8 Å². The van der Waals surface area contributed by atoms with Gasteiger partial charge in [-0.2, -0.15) is 0 Å². The van der Waals surface area contributed by atoms with Crippen molar-refractivity contribution in [2.45, 2.75) is 52.2 Å². The number of benzene rings is 2. The van der Waals surface area contributed by atoms with Crippen LogP contribution < -0.4 is 10.4 Å². The normalized spacial score (nSPS) is 20.3. The van der Waals surface area contributed by atoms with Gasteiger partial charge in [0.05, 0.1) is 5.56 Å². The van der Waals surface area contributed by atoms with Crippen molar-refractivity contribution >= 4 is 16.9 Å². The highest BCUT2D eigenvalue weighted by molar-refractivity contribution is 5.87. The highest BCUT2D eigenvalue weighted by Crippen LogP contribution is 2.33. The number of fused-ring (bicyclic) bond motifs is 1. The standard InChI is InChI=1S/C27H28O5/c1-5-18-8-6-7-9-21(18)22-14-19-10-11-20(15-25(19)32-27(22)29)30-23-12-13-24(17(23)4)31-26(28)16(2)3/h6-11,14-15,17,23-24H,2,5,12-13H2,1,3-4H3. The lowest BCUT2D eigenvalue weighted by molar-refractivity contribution is -0.146. The van der Waals surface area contributed by atoms with Crippen molar-refractivity contribution in [3.8, 4) is 16.9 Å². The molecule has 0 N–H and O–H groups in total. The zero-order chi connectivity index (χ0) is 22.8. The van der Waals surface area contributed by atoms with E-state index in [-0.39, 0.29) is 29.7 Å². The van der Waals surface area contributed by atoms with Crippen LogP contribution in [0.4, 0.5) is 0 Å². The summed E-state index contributed by atoms with van der Waals surface area (Å²) >= 11 is 0. The third-order valence-corrected chi connectivity index (χ3v) is 6.20. The fourth-order valence-electron chi connectivity index (χ4n) is 4.28. The molecule has 4 rings (SSSR count). The van der Waals surface area contributed by atoms with Crippen LogP contribution >= 0.6 is 0 Å². The van der Waals surface area contributed by atoms with Crippen LogP contribution in [0.2, 0.25) is 0 Å². The molecule has 1 fully saturated rings. The second-order valence-corrected chi connectivity index (χ2v) is 8.47. The molecule has 1 aromatic heterocycles. The lowest BCUT2D eigenvalue weighted by Crippen LogP contribution is -2.28. The van der Waals surface area contributed by atoms with E-state index in [2.05, 4.69) is 13.5 Å². The first-order valence-electron chi connectivity index (χ1n) is 11.1. The van der Waals surface area contributed by atoms with Gasteiger partial charge in [0.25, 0.3) is 0 Å². The maximum atomic E-state index is 12.7. The van der Waals surface area contributed by atoms with Gasteiger partial charge in [-0.15, -0.1) is 0 Å². The predicted molar refractivity (Wildman–Crippen MR) is 125 cm³/mol. The first-order valence-corrected chi connectivity index (χ1v) is 11.1. The highest BCUT2D eigenvalue weighted by Gasteiger charge is 2.37. The molecule has 0 radical (unpaired) electrons. The summed E-state index contributed by atoms with van der Waals surface area (Å²) in [5.74, 6) is 0.315. The second-order valence-electron chi connectivity index (χ2n) is 8.47. The number of carbonyl (C=O) groups is 1. The van der Waals surface area contributed by atoms with Crippen LogP contribution in [0, 0.1) is 5.92 Å². The molecule has 0 bridgehead atoms. The van der Waals surface area contributed by atoms with Gasteiger partial charge in [0.1, 0.15) is 23.5 Å². The number of rotatable bonds is 6. The van der Waals surface area contributed by atoms with E-state index in [9.17, 15) is 9.59 Å². The molecule has 1 saturated carbocycles. The van der Waals surface area contributed by atoms with Crippen LogP contribution in [0.5, 0.6) is 5.75 Å². The Morgan fingerprint density at radius 2 is 1.84 bits per heavy atom. The highest BCUT2D eigenvalue weighted by atomic mass is 16.5. The zero-order valence-corrected chi connectivity index (χ0v) is 18.7. The van der Waals surface area contributed by atoms with Crippen LogP contribution in [0.15, 0.2) is 69.9 Å². The lowest BCUT2D eigenvalue weighted by Gasteiger charge is -2.22. The Labute approximate surface area is 187 Å². The molecule has 5 nitrogen and oxygen atoms in total. The monoisotopic (exact) mass is 432 g/mol. The summed E-state index contributed by atoms with van der Waals surface area (Å²) in [6, 6.07) is 15.3. The number of hydrogen-bond acceptors (Lipinski definition) is 5. The van der Waals surface area contributed by atoms with E-state index < -0.39 is 0 Å². The summed E-state index contributed by atoms with van der Waals surface area (Å²) < 4.78 is 17.4. The van der Waals surface area contributed by atoms with Gasteiger partial charge >= 0.3 is 11.6 Å². The minimum absolute atomic E-state index is 0.0499. The fourth-order valence-corrected chi connectivity index (χ4v) is 4.28. The maximum absolute atomic E-state index is 12.7. The maximum Gasteiger partial charge on any atom is 0.344 e. The number of aryl methyl sites for hydroxylation is 1. The molecule has 1 aliphatic rings. The molecule has 3 atom stereocenters. The van der Waals surface area contributed by atoms with Crippen molar-refractivity contribution in [3.05, 3.63) is 76.7 Å². The van der Waals surface area contributed by atoms with Gasteiger partial charge in [0.2, 0.25) is 0 Å². The van der Waals surface area contributed by atoms with E-state index in [1.807, 2.05) is 49.4 Å². The van der Waals surface area contributed by atoms with Crippen LogP contribution in [0.1, 0.15) is 39.2 Å². The van der Waals surface area contributed by atoms with Crippen molar-refractivity contribution < 1.29 is 18.7 Å². The molecule has 166 valence electrons. The molecular weight excluding hydrogens is 404 g/mol. The molecule has 32 heavy (non-hydrogen) atoms. The smallest absolute Gasteiger partial charge is 0.344 e. The van der Waals surface area contributed by atoms with Gasteiger partial charge in [-0.3, -0.25) is 0 Å². The topological polar surface area (TPSA) is 65.7 Å². The molecule has 1 heterocycles. The Hall–Kier alpha value is -3.34. The van der Waals surface area contributed by atoms with Gasteiger partial charge in [-0.1, -0.05) is 44.7 Å². The van der Waals surface area contributed by atoms with Gasteiger partial charge in [0.15, 0.2) is 0 Å². The zero-order valence-electron chi connectivity index (χ0n) is 18.7. The van der Waals surface area contributed by atoms with E-state index in [0.29, 0.717) is 22.5 Å². The predicted octanol–water partition coefficient (Wildman–Crippen LogP) is 5.69. The van der Waals surface area contributed by atoms with Gasteiger partial charge in [-0.05, 0) is 55.5 Å². The average molecular weight is 433 g/mol. The largest absolute Gasteiger partial charge is 0.490 e. The minimum Gasteiger partial charge on any atom is -0.490 e. The van der Waals surface area contributed by atoms with E-state index in [1.165, 1.54) is 0 Å². The van der Waals surface area contributed by atoms with Gasteiger partial charge < -0.3 is 13.9 Å². The van der Waals surface area contributed by atoms with Gasteiger partial charge in [0, 0.05) is 22.9 Å². The lowest BCUT2D eigenvalue weighted by atomic mass is 9.98. The molecular formula is C27H28O5. The third kappa shape index (κ3) is 4.33. The summed E-state index contributed by atoms with van der Waals surface area (Å²) in [4.78, 5) is 24.6. The van der Waals surface area contributed by atoms with Crippen molar-refractivity contribution in [1.82, 2.24) is 0 Å². The molecule has 3 unspecified atom stereocenters. The fraction of sp³-hybridized carbons (Fsp3) is 0.333. The Balaban J connectivity index is 1.55. The van der Waals surface area contributed by atoms with Crippen molar-refractivity contribution in [1.29, 1.82) is 0 Å². The van der Waals surface area contributed by atoms with E-state index >= 15 is 0 Å². The molecule has 3 aromatic rings. The molecule has 0 spiro atoms. The van der Waals surface area contributed by atoms with Crippen LogP contribution in [-0.4, -0.2) is 18.2 Å². The second kappa shape index (κ2) is 9.03. The average Bonchev–Trinajstić information content (AvgIpc) is 3.12. The summed E-state index contributed by atoms with van der Waals surface area (Å²) in [6.07, 6.45) is 2.09. The van der Waals surface area contributed by atoms with E-state index in [4.69, 9.17) is 13.9 Å². The summed E-state index contributed by atoms with van der Waals surface area (Å²) in [7, 11) is 0. The van der Waals surface area contributed by atoms with Crippen molar-refractivity contribution in [2.24, 2.45) is 5.92 Å². The third-order valence-electron chi connectivity index (χ3n) is 6.20. The number of esters is 1.